The van der Waals surface area contributed by atoms with Gasteiger partial charge in [-0.25, -0.2) is 4.79 Å². The van der Waals surface area contributed by atoms with Crippen molar-refractivity contribution in [2.75, 3.05) is 12.3 Å². The molecule has 0 saturated carbocycles. The molecule has 1 aromatic carbocycles. The summed E-state index contributed by atoms with van der Waals surface area (Å²) >= 11 is 0. The minimum atomic E-state index is -1.02. The number of aliphatic hydroxyl groups excluding tert-OH is 2. The highest BCUT2D eigenvalue weighted by Gasteiger charge is 2.14. The van der Waals surface area contributed by atoms with Gasteiger partial charge in [0.15, 0.2) is 5.58 Å². The third-order valence-corrected chi connectivity index (χ3v) is 2.32. The van der Waals surface area contributed by atoms with Crippen LogP contribution in [0.15, 0.2) is 27.4 Å². The van der Waals surface area contributed by atoms with E-state index < -0.39 is 18.5 Å². The summed E-state index contributed by atoms with van der Waals surface area (Å²) < 4.78 is 6.17. The van der Waals surface area contributed by atoms with Crippen molar-refractivity contribution in [1.29, 1.82) is 0 Å². The van der Waals surface area contributed by atoms with Gasteiger partial charge in [0, 0.05) is 0 Å². The molecule has 4 N–H and O–H groups in total. The fraction of sp³-hybridized carbons (Fsp3) is 0.300. The Morgan fingerprint density at radius 3 is 2.94 bits per heavy atom. The van der Waals surface area contributed by atoms with Crippen LogP contribution in [0.25, 0.3) is 11.1 Å². The molecule has 0 amide bonds. The van der Waals surface area contributed by atoms with Gasteiger partial charge in [-0.1, -0.05) is 6.07 Å². The van der Waals surface area contributed by atoms with Crippen molar-refractivity contribution in [3.05, 3.63) is 28.7 Å². The van der Waals surface area contributed by atoms with Gasteiger partial charge in [-0.05, 0) is 12.1 Å². The summed E-state index contributed by atoms with van der Waals surface area (Å²) in [7, 11) is 0. The van der Waals surface area contributed by atoms with Gasteiger partial charge in [0.2, 0.25) is 0 Å². The maximum absolute atomic E-state index is 11.5. The number of nitrogen functional groups attached to an aromatic ring is 1. The summed E-state index contributed by atoms with van der Waals surface area (Å²) in [6, 6.07) is 4.93. The molecule has 86 valence electrons. The summed E-state index contributed by atoms with van der Waals surface area (Å²) in [5.41, 5.74) is 6.94. The molecule has 0 saturated heterocycles. The van der Waals surface area contributed by atoms with E-state index in [4.69, 9.17) is 15.3 Å². The van der Waals surface area contributed by atoms with Crippen LogP contribution < -0.4 is 11.5 Å². The van der Waals surface area contributed by atoms with E-state index in [1.54, 1.807) is 18.2 Å². The highest BCUT2D eigenvalue weighted by atomic mass is 16.4. The summed E-state index contributed by atoms with van der Waals surface area (Å²) in [4.78, 5) is 11.5. The van der Waals surface area contributed by atoms with Gasteiger partial charge in [0.1, 0.15) is 5.52 Å². The molecule has 0 fully saturated rings. The van der Waals surface area contributed by atoms with E-state index in [0.717, 1.165) is 0 Å². The Balaban J connectivity index is 2.59. The van der Waals surface area contributed by atoms with Crippen LogP contribution in [-0.4, -0.2) is 27.5 Å². The fourth-order valence-electron chi connectivity index (χ4n) is 1.59. The predicted octanol–water partition coefficient (Wildman–Crippen LogP) is -0.470. The maximum atomic E-state index is 11.5. The highest BCUT2D eigenvalue weighted by Crippen LogP contribution is 2.19. The second-order valence-corrected chi connectivity index (χ2v) is 3.51. The minimum Gasteiger partial charge on any atom is -0.408 e. The first-order valence-corrected chi connectivity index (χ1v) is 4.80. The molecular formula is C10H12N2O4. The Bertz CT molecular complexity index is 557. The number of fused-ring (bicyclic) bond motifs is 1. The first-order valence-electron chi connectivity index (χ1n) is 4.80. The molecule has 2 aromatic rings. The minimum absolute atomic E-state index is 0.0451. The van der Waals surface area contributed by atoms with Crippen molar-refractivity contribution in [2.24, 2.45) is 0 Å². The van der Waals surface area contributed by atoms with E-state index in [0.29, 0.717) is 16.8 Å². The molecule has 6 nitrogen and oxygen atoms in total. The normalized spacial score (nSPS) is 13.1. The van der Waals surface area contributed by atoms with Gasteiger partial charge < -0.3 is 20.4 Å². The maximum Gasteiger partial charge on any atom is 0.420 e. The van der Waals surface area contributed by atoms with Gasteiger partial charge >= 0.3 is 5.76 Å². The van der Waals surface area contributed by atoms with Crippen LogP contribution in [0.5, 0.6) is 0 Å². The van der Waals surface area contributed by atoms with Crippen LogP contribution in [0.2, 0.25) is 0 Å². The monoisotopic (exact) mass is 224 g/mol. The fourth-order valence-corrected chi connectivity index (χ4v) is 1.59. The lowest BCUT2D eigenvalue weighted by Gasteiger charge is -2.07. The van der Waals surface area contributed by atoms with Gasteiger partial charge in [-0.2, -0.15) is 0 Å². The quantitative estimate of drug-likeness (QED) is 0.612. The molecule has 1 aromatic heterocycles. The molecule has 2 rings (SSSR count). The zero-order valence-corrected chi connectivity index (χ0v) is 8.46. The lowest BCUT2D eigenvalue weighted by atomic mass is 10.2. The number of nitrogens with zero attached hydrogens (tertiary/aromatic N) is 1. The van der Waals surface area contributed by atoms with Crippen molar-refractivity contribution in [1.82, 2.24) is 4.57 Å². The largest absolute Gasteiger partial charge is 0.420 e. The second kappa shape index (κ2) is 3.99. The Hall–Kier alpha value is -1.79. The number of nitrogens with two attached hydrogens (primary N) is 1. The van der Waals surface area contributed by atoms with E-state index >= 15 is 0 Å². The third kappa shape index (κ3) is 1.68. The average Bonchev–Trinajstić information content (AvgIpc) is 2.56. The first kappa shape index (κ1) is 10.7. The van der Waals surface area contributed by atoms with E-state index in [2.05, 4.69) is 0 Å². The van der Waals surface area contributed by atoms with E-state index in [1.807, 2.05) is 0 Å². The first-order chi connectivity index (χ1) is 7.63. The molecule has 1 heterocycles. The Kier molecular flexibility index (Phi) is 2.67. The summed E-state index contributed by atoms with van der Waals surface area (Å²) in [5, 5.41) is 18.1. The standard InChI is InChI=1S/C10H12N2O4/c11-7-2-1-3-8-9(7)12(10(15)16-8)4-6(14)5-13/h1-3,6,13-14H,4-5,11H2. The van der Waals surface area contributed by atoms with Gasteiger partial charge in [0.25, 0.3) is 0 Å². The molecule has 0 bridgehead atoms. The van der Waals surface area contributed by atoms with E-state index in [1.165, 1.54) is 4.57 Å². The predicted molar refractivity (Wildman–Crippen MR) is 58.0 cm³/mol. The smallest absolute Gasteiger partial charge is 0.408 e. The van der Waals surface area contributed by atoms with Crippen molar-refractivity contribution >= 4 is 16.8 Å². The lowest BCUT2D eigenvalue weighted by molar-refractivity contribution is 0.0805. The van der Waals surface area contributed by atoms with Crippen LogP contribution in [0, 0.1) is 0 Å². The molecular weight excluding hydrogens is 212 g/mol. The molecule has 16 heavy (non-hydrogen) atoms. The lowest BCUT2D eigenvalue weighted by Crippen LogP contribution is -2.26. The second-order valence-electron chi connectivity index (χ2n) is 3.51. The molecule has 1 atom stereocenters. The Labute approximate surface area is 90.5 Å². The number of anilines is 1. The molecule has 0 aliphatic heterocycles. The Morgan fingerprint density at radius 1 is 1.50 bits per heavy atom. The summed E-state index contributed by atoms with van der Waals surface area (Å²) in [6.07, 6.45) is -1.02. The van der Waals surface area contributed by atoms with Gasteiger partial charge in [-0.15, -0.1) is 0 Å². The summed E-state index contributed by atoms with van der Waals surface area (Å²) in [5.74, 6) is -0.597. The van der Waals surface area contributed by atoms with Gasteiger partial charge in [0.05, 0.1) is 24.9 Å². The van der Waals surface area contributed by atoms with E-state index in [9.17, 15) is 9.90 Å². The number of aliphatic hydroxyl groups is 2. The zero-order chi connectivity index (χ0) is 11.7. The van der Waals surface area contributed by atoms with Crippen LogP contribution in [0.1, 0.15) is 0 Å². The third-order valence-electron chi connectivity index (χ3n) is 2.32. The van der Waals surface area contributed by atoms with Crippen molar-refractivity contribution < 1.29 is 14.6 Å². The van der Waals surface area contributed by atoms with Crippen LogP contribution in [0.3, 0.4) is 0 Å². The highest BCUT2D eigenvalue weighted by molar-refractivity contribution is 5.85. The molecule has 0 spiro atoms. The molecule has 1 unspecified atom stereocenters. The van der Waals surface area contributed by atoms with Crippen LogP contribution in [0.4, 0.5) is 5.69 Å². The molecule has 6 heteroatoms. The van der Waals surface area contributed by atoms with Crippen molar-refractivity contribution in [3.63, 3.8) is 0 Å². The number of benzene rings is 1. The Morgan fingerprint density at radius 2 is 2.25 bits per heavy atom. The number of hydrogen-bond acceptors (Lipinski definition) is 5. The number of hydrogen-bond donors (Lipinski definition) is 3. The number of oxazole rings is 1. The van der Waals surface area contributed by atoms with Crippen LogP contribution >= 0.6 is 0 Å². The molecule has 0 aliphatic rings. The molecule has 0 aliphatic carbocycles. The topological polar surface area (TPSA) is 102 Å². The van der Waals surface area contributed by atoms with Crippen molar-refractivity contribution in [2.45, 2.75) is 12.6 Å². The van der Waals surface area contributed by atoms with E-state index in [-0.39, 0.29) is 6.54 Å². The van der Waals surface area contributed by atoms with Gasteiger partial charge in [-0.3, -0.25) is 4.57 Å². The number of rotatable bonds is 3. The molecule has 0 radical (unpaired) electrons. The summed E-state index contributed by atoms with van der Waals surface area (Å²) in [6.45, 7) is -0.470. The average molecular weight is 224 g/mol. The SMILES string of the molecule is Nc1cccc2oc(=O)n(CC(O)CO)c12. The zero-order valence-electron chi connectivity index (χ0n) is 8.46. The van der Waals surface area contributed by atoms with Crippen molar-refractivity contribution in [3.8, 4) is 0 Å². The van der Waals surface area contributed by atoms with Crippen LogP contribution in [-0.2, 0) is 6.54 Å². The number of para-hydroxylation sites is 1. The number of aromatic nitrogens is 1.